The Morgan fingerprint density at radius 3 is 3.13 bits per heavy atom. The predicted octanol–water partition coefficient (Wildman–Crippen LogP) is 1.58. The third-order valence-electron chi connectivity index (χ3n) is 1.94. The number of esters is 1. The maximum atomic E-state index is 11.2. The molecular weight excluding hydrogens is 210 g/mol. The lowest BCUT2D eigenvalue weighted by molar-refractivity contribution is -0.141. The van der Waals surface area contributed by atoms with Crippen molar-refractivity contribution in [3.05, 3.63) is 22.4 Å². The van der Waals surface area contributed by atoms with Crippen LogP contribution < -0.4 is 5.32 Å². The van der Waals surface area contributed by atoms with Crippen molar-refractivity contribution in [1.29, 1.82) is 0 Å². The number of hydrogen-bond donors (Lipinski definition) is 1. The van der Waals surface area contributed by atoms with E-state index in [1.165, 1.54) is 7.11 Å². The van der Waals surface area contributed by atoms with Crippen LogP contribution in [0.1, 0.15) is 17.3 Å². The van der Waals surface area contributed by atoms with E-state index in [1.54, 1.807) is 11.3 Å². The van der Waals surface area contributed by atoms with E-state index < -0.39 is 0 Å². The van der Waals surface area contributed by atoms with Crippen LogP contribution in [0.2, 0.25) is 0 Å². The van der Waals surface area contributed by atoms with Gasteiger partial charge in [-0.2, -0.15) is 0 Å². The number of thiophene rings is 1. The van der Waals surface area contributed by atoms with Crippen molar-refractivity contribution >= 4 is 17.3 Å². The summed E-state index contributed by atoms with van der Waals surface area (Å²) < 4.78 is 4.63. The van der Waals surface area contributed by atoms with Gasteiger partial charge in [0, 0.05) is 4.88 Å². The fourth-order valence-electron chi connectivity index (χ4n) is 1.20. The Hall–Kier alpha value is -1.31. The minimum Gasteiger partial charge on any atom is -0.469 e. The molecular formula is C11H13NO2S. The number of carbonyl (C=O) groups is 1. The highest BCUT2D eigenvalue weighted by Crippen LogP contribution is 2.22. The number of hydrogen-bond acceptors (Lipinski definition) is 4. The van der Waals surface area contributed by atoms with Crippen LogP contribution >= 0.6 is 11.3 Å². The molecule has 15 heavy (non-hydrogen) atoms. The highest BCUT2D eigenvalue weighted by Gasteiger charge is 2.16. The monoisotopic (exact) mass is 223 g/mol. The molecule has 4 heteroatoms. The first-order valence-electron chi connectivity index (χ1n) is 4.55. The number of ether oxygens (including phenoxy) is 1. The largest absolute Gasteiger partial charge is 0.469 e. The fraction of sp³-hybridized carbons (Fsp3) is 0.364. The van der Waals surface area contributed by atoms with E-state index in [2.05, 4.69) is 16.0 Å². The molecule has 0 aliphatic carbocycles. The van der Waals surface area contributed by atoms with E-state index in [1.807, 2.05) is 17.5 Å². The lowest BCUT2D eigenvalue weighted by Gasteiger charge is -2.14. The quantitative estimate of drug-likeness (QED) is 0.608. The maximum absolute atomic E-state index is 11.2. The molecule has 0 aliphatic heterocycles. The summed E-state index contributed by atoms with van der Waals surface area (Å²) >= 11 is 1.60. The summed E-state index contributed by atoms with van der Waals surface area (Å²) in [4.78, 5) is 12.3. The summed E-state index contributed by atoms with van der Waals surface area (Å²) in [5.41, 5.74) is 0. The lowest BCUT2D eigenvalue weighted by Crippen LogP contribution is -2.23. The van der Waals surface area contributed by atoms with Crippen molar-refractivity contribution in [2.24, 2.45) is 0 Å². The second kappa shape index (κ2) is 6.23. The number of carbonyl (C=O) groups excluding carboxylic acids is 1. The van der Waals surface area contributed by atoms with Gasteiger partial charge in [-0.1, -0.05) is 12.0 Å². The topological polar surface area (TPSA) is 38.3 Å². The van der Waals surface area contributed by atoms with Crippen molar-refractivity contribution in [3.63, 3.8) is 0 Å². The van der Waals surface area contributed by atoms with Gasteiger partial charge in [0.1, 0.15) is 0 Å². The lowest BCUT2D eigenvalue weighted by atomic mass is 10.1. The number of nitrogens with one attached hydrogen (secondary N) is 1. The van der Waals surface area contributed by atoms with E-state index in [9.17, 15) is 4.79 Å². The molecule has 3 nitrogen and oxygen atoms in total. The van der Waals surface area contributed by atoms with E-state index in [-0.39, 0.29) is 12.0 Å². The summed E-state index contributed by atoms with van der Waals surface area (Å²) in [6.07, 6.45) is 5.47. The third-order valence-corrected chi connectivity index (χ3v) is 2.92. The molecule has 0 aliphatic rings. The molecule has 1 aromatic heterocycles. The predicted molar refractivity (Wildman–Crippen MR) is 60.5 cm³/mol. The molecule has 0 amide bonds. The van der Waals surface area contributed by atoms with E-state index in [4.69, 9.17) is 6.42 Å². The Morgan fingerprint density at radius 1 is 1.80 bits per heavy atom. The first kappa shape index (κ1) is 11.8. The number of methoxy groups -OCH3 is 1. The summed E-state index contributed by atoms with van der Waals surface area (Å²) in [7, 11) is 1.38. The first-order valence-corrected chi connectivity index (χ1v) is 5.43. The molecule has 1 rings (SSSR count). The molecule has 1 atom stereocenters. The SMILES string of the molecule is C#CCNC(CC(=O)OC)c1cccs1. The van der Waals surface area contributed by atoms with Crippen LogP contribution in [-0.2, 0) is 9.53 Å². The average molecular weight is 223 g/mol. The molecule has 1 N–H and O–H groups in total. The second-order valence-corrected chi connectivity index (χ2v) is 3.91. The highest BCUT2D eigenvalue weighted by molar-refractivity contribution is 7.10. The van der Waals surface area contributed by atoms with Crippen LogP contribution in [0.5, 0.6) is 0 Å². The van der Waals surface area contributed by atoms with Gasteiger partial charge in [-0.25, -0.2) is 0 Å². The standard InChI is InChI=1S/C11H13NO2S/c1-3-6-12-9(8-11(13)14-2)10-5-4-7-15-10/h1,4-5,7,9,12H,6,8H2,2H3. The summed E-state index contributed by atoms with van der Waals surface area (Å²) in [6.45, 7) is 0.444. The zero-order valence-electron chi connectivity index (χ0n) is 8.53. The van der Waals surface area contributed by atoms with Gasteiger partial charge in [-0.3, -0.25) is 10.1 Å². The van der Waals surface area contributed by atoms with Crippen molar-refractivity contribution < 1.29 is 9.53 Å². The summed E-state index contributed by atoms with van der Waals surface area (Å²) in [5.74, 6) is 2.25. The maximum Gasteiger partial charge on any atom is 0.307 e. The summed E-state index contributed by atoms with van der Waals surface area (Å²) in [6, 6.07) is 3.87. The smallest absolute Gasteiger partial charge is 0.307 e. The van der Waals surface area contributed by atoms with E-state index in [0.29, 0.717) is 13.0 Å². The Balaban J connectivity index is 2.62. The molecule has 0 spiro atoms. The zero-order chi connectivity index (χ0) is 11.1. The Labute approximate surface area is 93.5 Å². The van der Waals surface area contributed by atoms with E-state index >= 15 is 0 Å². The molecule has 1 aromatic rings. The van der Waals surface area contributed by atoms with Crippen LogP contribution in [-0.4, -0.2) is 19.6 Å². The van der Waals surface area contributed by atoms with Crippen molar-refractivity contribution in [2.45, 2.75) is 12.5 Å². The van der Waals surface area contributed by atoms with Gasteiger partial charge in [0.15, 0.2) is 0 Å². The van der Waals surface area contributed by atoms with Gasteiger partial charge in [0.2, 0.25) is 0 Å². The minimum atomic E-state index is -0.238. The third kappa shape index (κ3) is 3.74. The van der Waals surface area contributed by atoms with Gasteiger partial charge < -0.3 is 4.74 Å². The van der Waals surface area contributed by atoms with Gasteiger partial charge in [0.25, 0.3) is 0 Å². The van der Waals surface area contributed by atoms with Crippen LogP contribution in [0.3, 0.4) is 0 Å². The van der Waals surface area contributed by atoms with Crippen molar-refractivity contribution in [1.82, 2.24) is 5.32 Å². The normalized spacial score (nSPS) is 11.7. The Kier molecular flexibility index (Phi) is 4.88. The number of terminal acetylenes is 1. The van der Waals surface area contributed by atoms with Crippen LogP contribution in [0.25, 0.3) is 0 Å². The van der Waals surface area contributed by atoms with Gasteiger partial charge in [-0.05, 0) is 11.4 Å². The fourth-order valence-corrected chi connectivity index (χ4v) is 2.00. The molecule has 0 saturated carbocycles. The van der Waals surface area contributed by atoms with Gasteiger partial charge in [-0.15, -0.1) is 17.8 Å². The molecule has 1 heterocycles. The average Bonchev–Trinajstić information content (AvgIpc) is 2.77. The molecule has 0 fully saturated rings. The second-order valence-electron chi connectivity index (χ2n) is 2.93. The Morgan fingerprint density at radius 2 is 2.60 bits per heavy atom. The van der Waals surface area contributed by atoms with Crippen LogP contribution in [0.4, 0.5) is 0 Å². The van der Waals surface area contributed by atoms with Crippen LogP contribution in [0.15, 0.2) is 17.5 Å². The van der Waals surface area contributed by atoms with Crippen molar-refractivity contribution in [2.75, 3.05) is 13.7 Å². The van der Waals surface area contributed by atoms with Crippen molar-refractivity contribution in [3.8, 4) is 12.3 Å². The molecule has 0 aromatic carbocycles. The minimum absolute atomic E-state index is 0.0477. The molecule has 1 unspecified atom stereocenters. The zero-order valence-corrected chi connectivity index (χ0v) is 9.34. The molecule has 0 saturated heterocycles. The Bertz CT molecular complexity index is 340. The van der Waals surface area contributed by atoms with Gasteiger partial charge >= 0.3 is 5.97 Å². The first-order chi connectivity index (χ1) is 7.27. The molecule has 80 valence electrons. The summed E-state index contributed by atoms with van der Waals surface area (Å²) in [5, 5.41) is 5.08. The van der Waals surface area contributed by atoms with Gasteiger partial charge in [0.05, 0.1) is 26.1 Å². The molecule has 0 bridgehead atoms. The molecule has 0 radical (unpaired) electrons. The van der Waals surface area contributed by atoms with Crippen LogP contribution in [0, 0.1) is 12.3 Å². The van der Waals surface area contributed by atoms with E-state index in [0.717, 1.165) is 4.88 Å². The number of rotatable bonds is 5. The highest BCUT2D eigenvalue weighted by atomic mass is 32.1.